The highest BCUT2D eigenvalue weighted by Gasteiger charge is 2.35. The van der Waals surface area contributed by atoms with Crippen molar-refractivity contribution in [1.29, 1.82) is 0 Å². The molecule has 0 bridgehead atoms. The first-order valence-electron chi connectivity index (χ1n) is 7.22. The van der Waals surface area contributed by atoms with E-state index in [1.54, 1.807) is 6.20 Å². The standard InChI is InChI=1S/C15H19N3O2S/c19-21(20,14-7-8-14)17-9-4-11-18-12-10-16-15(18)13-5-2-1-3-6-13/h1-3,5-6,10,12,14,17H,4,7-9,11H2. The predicted molar refractivity (Wildman–Crippen MR) is 82.2 cm³/mol. The van der Waals surface area contributed by atoms with Crippen LogP contribution in [0.4, 0.5) is 0 Å². The van der Waals surface area contributed by atoms with Gasteiger partial charge in [0.25, 0.3) is 0 Å². The summed E-state index contributed by atoms with van der Waals surface area (Å²) in [5.74, 6) is 0.917. The van der Waals surface area contributed by atoms with E-state index < -0.39 is 10.0 Å². The third-order valence-corrected chi connectivity index (χ3v) is 5.55. The fourth-order valence-corrected chi connectivity index (χ4v) is 3.72. The zero-order chi connectivity index (χ0) is 14.7. The van der Waals surface area contributed by atoms with E-state index >= 15 is 0 Å². The van der Waals surface area contributed by atoms with E-state index in [1.807, 2.05) is 36.5 Å². The lowest BCUT2D eigenvalue weighted by Crippen LogP contribution is -2.28. The average molecular weight is 305 g/mol. The van der Waals surface area contributed by atoms with Gasteiger partial charge in [-0.25, -0.2) is 18.1 Å². The summed E-state index contributed by atoms with van der Waals surface area (Å²) < 4.78 is 28.2. The van der Waals surface area contributed by atoms with Crippen molar-refractivity contribution >= 4 is 10.0 Å². The number of nitrogens with zero attached hydrogens (tertiary/aromatic N) is 2. The van der Waals surface area contributed by atoms with Crippen molar-refractivity contribution in [1.82, 2.24) is 14.3 Å². The second-order valence-corrected chi connectivity index (χ2v) is 7.35. The molecule has 1 saturated carbocycles. The molecule has 1 fully saturated rings. The van der Waals surface area contributed by atoms with Gasteiger partial charge >= 0.3 is 0 Å². The molecule has 0 saturated heterocycles. The van der Waals surface area contributed by atoms with E-state index in [2.05, 4.69) is 14.3 Å². The Morgan fingerprint density at radius 2 is 2.00 bits per heavy atom. The van der Waals surface area contributed by atoms with Gasteiger partial charge in [0.1, 0.15) is 5.82 Å². The fourth-order valence-electron chi connectivity index (χ4n) is 2.30. The molecule has 1 heterocycles. The largest absolute Gasteiger partial charge is 0.331 e. The zero-order valence-corrected chi connectivity index (χ0v) is 12.6. The third-order valence-electron chi connectivity index (χ3n) is 3.59. The lowest BCUT2D eigenvalue weighted by Gasteiger charge is -2.09. The van der Waals surface area contributed by atoms with Crippen LogP contribution in [0.1, 0.15) is 19.3 Å². The van der Waals surface area contributed by atoms with Crippen molar-refractivity contribution < 1.29 is 8.42 Å². The number of imidazole rings is 1. The molecular weight excluding hydrogens is 286 g/mol. The first kappa shape index (κ1) is 14.3. The molecule has 0 radical (unpaired) electrons. The highest BCUT2D eigenvalue weighted by Crippen LogP contribution is 2.27. The minimum absolute atomic E-state index is 0.148. The molecule has 1 N–H and O–H groups in total. The number of aromatic nitrogens is 2. The molecule has 1 aliphatic rings. The highest BCUT2D eigenvalue weighted by atomic mass is 32.2. The van der Waals surface area contributed by atoms with E-state index in [0.717, 1.165) is 37.2 Å². The number of hydrogen-bond acceptors (Lipinski definition) is 3. The van der Waals surface area contributed by atoms with Crippen LogP contribution in [0.5, 0.6) is 0 Å². The first-order valence-corrected chi connectivity index (χ1v) is 8.76. The second kappa shape index (κ2) is 5.99. The van der Waals surface area contributed by atoms with Gasteiger partial charge in [-0.3, -0.25) is 0 Å². The molecule has 21 heavy (non-hydrogen) atoms. The summed E-state index contributed by atoms with van der Waals surface area (Å²) in [4.78, 5) is 4.38. The fraction of sp³-hybridized carbons (Fsp3) is 0.400. The number of rotatable bonds is 7. The molecule has 0 unspecified atom stereocenters. The molecule has 6 heteroatoms. The zero-order valence-electron chi connectivity index (χ0n) is 11.8. The van der Waals surface area contributed by atoms with E-state index in [0.29, 0.717) is 6.54 Å². The maximum Gasteiger partial charge on any atom is 0.214 e. The number of benzene rings is 1. The number of sulfonamides is 1. The van der Waals surface area contributed by atoms with Crippen molar-refractivity contribution in [3.8, 4) is 11.4 Å². The summed E-state index contributed by atoms with van der Waals surface area (Å²) in [5.41, 5.74) is 1.07. The van der Waals surface area contributed by atoms with Crippen molar-refractivity contribution in [2.75, 3.05) is 6.54 Å². The average Bonchev–Trinajstić information content (AvgIpc) is 3.25. The number of aryl methyl sites for hydroxylation is 1. The van der Waals surface area contributed by atoms with Gasteiger partial charge in [0.05, 0.1) is 5.25 Å². The molecule has 112 valence electrons. The Balaban J connectivity index is 1.56. The topological polar surface area (TPSA) is 64.0 Å². The molecule has 1 aromatic heterocycles. The lowest BCUT2D eigenvalue weighted by molar-refractivity contribution is 0.569. The maximum atomic E-state index is 11.7. The smallest absolute Gasteiger partial charge is 0.214 e. The van der Waals surface area contributed by atoms with Crippen molar-refractivity contribution in [2.45, 2.75) is 31.1 Å². The van der Waals surface area contributed by atoms with Crippen LogP contribution in [-0.4, -0.2) is 29.8 Å². The van der Waals surface area contributed by atoms with Gasteiger partial charge in [0, 0.05) is 31.0 Å². The maximum absolute atomic E-state index is 11.7. The van der Waals surface area contributed by atoms with Crippen LogP contribution in [0.15, 0.2) is 42.7 Å². The Bertz CT molecular complexity index is 691. The number of hydrogen-bond donors (Lipinski definition) is 1. The summed E-state index contributed by atoms with van der Waals surface area (Å²) in [7, 11) is -3.07. The normalized spacial score (nSPS) is 15.2. The summed E-state index contributed by atoms with van der Waals surface area (Å²) in [5, 5.41) is -0.148. The van der Waals surface area contributed by atoms with Gasteiger partial charge in [-0.05, 0) is 19.3 Å². The first-order chi connectivity index (χ1) is 10.2. The van der Waals surface area contributed by atoms with Gasteiger partial charge in [0.2, 0.25) is 10.0 Å². The third kappa shape index (κ3) is 3.51. The van der Waals surface area contributed by atoms with Crippen molar-refractivity contribution in [2.24, 2.45) is 0 Å². The Kier molecular flexibility index (Phi) is 4.07. The molecule has 3 rings (SSSR count). The minimum Gasteiger partial charge on any atom is -0.331 e. The van der Waals surface area contributed by atoms with Crippen LogP contribution >= 0.6 is 0 Å². The molecule has 1 aliphatic carbocycles. The summed E-state index contributed by atoms with van der Waals surface area (Å²) >= 11 is 0. The minimum atomic E-state index is -3.07. The summed E-state index contributed by atoms with van der Waals surface area (Å²) in [6.07, 6.45) is 6.06. The molecular formula is C15H19N3O2S. The lowest BCUT2D eigenvalue weighted by atomic mass is 10.2. The van der Waals surface area contributed by atoms with Crippen molar-refractivity contribution in [3.05, 3.63) is 42.7 Å². The van der Waals surface area contributed by atoms with Gasteiger partial charge in [-0.2, -0.15) is 0 Å². The van der Waals surface area contributed by atoms with Gasteiger partial charge < -0.3 is 4.57 Å². The van der Waals surface area contributed by atoms with Crippen LogP contribution in [-0.2, 0) is 16.6 Å². The monoisotopic (exact) mass is 305 g/mol. The van der Waals surface area contributed by atoms with Crippen LogP contribution in [0.2, 0.25) is 0 Å². The van der Waals surface area contributed by atoms with Gasteiger partial charge in [-0.1, -0.05) is 30.3 Å². The Hall–Kier alpha value is -1.66. The SMILES string of the molecule is O=S(=O)(NCCCn1ccnc1-c1ccccc1)C1CC1. The molecule has 0 atom stereocenters. The van der Waals surface area contributed by atoms with Crippen LogP contribution < -0.4 is 4.72 Å². The van der Waals surface area contributed by atoms with E-state index in [4.69, 9.17) is 0 Å². The van der Waals surface area contributed by atoms with Crippen LogP contribution in [0.25, 0.3) is 11.4 Å². The predicted octanol–water partition coefficient (Wildman–Crippen LogP) is 2.02. The molecule has 0 amide bonds. The van der Waals surface area contributed by atoms with Crippen LogP contribution in [0, 0.1) is 0 Å². The van der Waals surface area contributed by atoms with E-state index in [-0.39, 0.29) is 5.25 Å². The molecule has 1 aromatic carbocycles. The molecule has 0 aliphatic heterocycles. The van der Waals surface area contributed by atoms with Gasteiger partial charge in [-0.15, -0.1) is 0 Å². The van der Waals surface area contributed by atoms with Gasteiger partial charge in [0.15, 0.2) is 0 Å². The quantitative estimate of drug-likeness (QED) is 0.796. The molecule has 2 aromatic rings. The highest BCUT2D eigenvalue weighted by molar-refractivity contribution is 7.90. The summed E-state index contributed by atoms with van der Waals surface area (Å²) in [6.45, 7) is 1.22. The van der Waals surface area contributed by atoms with E-state index in [9.17, 15) is 8.42 Å². The Morgan fingerprint density at radius 1 is 1.24 bits per heavy atom. The molecule has 5 nitrogen and oxygen atoms in total. The van der Waals surface area contributed by atoms with Crippen LogP contribution in [0.3, 0.4) is 0 Å². The van der Waals surface area contributed by atoms with E-state index in [1.165, 1.54) is 0 Å². The Morgan fingerprint density at radius 3 is 2.71 bits per heavy atom. The number of nitrogens with one attached hydrogen (secondary N) is 1. The second-order valence-electron chi connectivity index (χ2n) is 5.30. The Labute approximate surface area is 125 Å². The van der Waals surface area contributed by atoms with Crippen molar-refractivity contribution in [3.63, 3.8) is 0 Å². The molecule has 0 spiro atoms. The summed E-state index contributed by atoms with van der Waals surface area (Å²) in [6, 6.07) is 9.99.